The minimum atomic E-state index is -0.933. The zero-order valence-electron chi connectivity index (χ0n) is 16.6. The summed E-state index contributed by atoms with van der Waals surface area (Å²) in [7, 11) is 0. The Morgan fingerprint density at radius 1 is 1.12 bits per heavy atom. The molecule has 0 bridgehead atoms. The van der Waals surface area contributed by atoms with Gasteiger partial charge >= 0.3 is 5.97 Å². The van der Waals surface area contributed by atoms with E-state index in [4.69, 9.17) is 4.74 Å². The third kappa shape index (κ3) is 4.83. The first-order valence-electron chi connectivity index (χ1n) is 9.75. The predicted octanol–water partition coefficient (Wildman–Crippen LogP) is 3.90. The highest BCUT2D eigenvalue weighted by Gasteiger charge is 2.32. The van der Waals surface area contributed by atoms with Crippen LogP contribution in [0.25, 0.3) is 0 Å². The first kappa shape index (κ1) is 21.6. The standard InChI is InChI=1S/C23H18F2N2O4S/c24-14-5-3-13(4-6-14)22(19-2-1-9-32-19)27-21(29)12-31-23(30)17-11-20(28)26-18-10-15(25)7-8-16(17)18/h1-10,17,22H,11-12H2,(H,26,28)(H,27,29). The number of anilines is 1. The van der Waals surface area contributed by atoms with Crippen LogP contribution in [0.5, 0.6) is 0 Å². The topological polar surface area (TPSA) is 84.5 Å². The first-order chi connectivity index (χ1) is 15.4. The Bertz CT molecular complexity index is 1150. The van der Waals surface area contributed by atoms with E-state index in [9.17, 15) is 23.2 Å². The largest absolute Gasteiger partial charge is 0.455 e. The van der Waals surface area contributed by atoms with Gasteiger partial charge in [-0.05, 0) is 46.8 Å². The van der Waals surface area contributed by atoms with Crippen molar-refractivity contribution in [2.24, 2.45) is 0 Å². The summed E-state index contributed by atoms with van der Waals surface area (Å²) in [4.78, 5) is 37.9. The minimum Gasteiger partial charge on any atom is -0.455 e. The summed E-state index contributed by atoms with van der Waals surface area (Å²) in [6.45, 7) is -0.559. The van der Waals surface area contributed by atoms with Crippen molar-refractivity contribution in [1.29, 1.82) is 0 Å². The maximum absolute atomic E-state index is 13.5. The number of fused-ring (bicyclic) bond motifs is 1. The number of amides is 2. The summed E-state index contributed by atoms with van der Waals surface area (Å²) in [6.07, 6.45) is -0.160. The number of carbonyl (C=O) groups excluding carboxylic acids is 3. The maximum atomic E-state index is 13.5. The van der Waals surface area contributed by atoms with Gasteiger partial charge in [-0.25, -0.2) is 8.78 Å². The van der Waals surface area contributed by atoms with Crippen molar-refractivity contribution in [2.75, 3.05) is 11.9 Å². The number of ether oxygens (including phenoxy) is 1. The van der Waals surface area contributed by atoms with E-state index in [2.05, 4.69) is 10.6 Å². The molecular weight excluding hydrogens is 438 g/mol. The number of halogens is 2. The molecule has 0 saturated carbocycles. The van der Waals surface area contributed by atoms with Crippen LogP contribution < -0.4 is 10.6 Å². The van der Waals surface area contributed by atoms with Crippen LogP contribution in [-0.2, 0) is 19.1 Å². The molecule has 1 aromatic heterocycles. The van der Waals surface area contributed by atoms with Gasteiger partial charge in [-0.3, -0.25) is 14.4 Å². The lowest BCUT2D eigenvalue weighted by atomic mass is 9.90. The molecular formula is C23H18F2N2O4S. The highest BCUT2D eigenvalue weighted by Crippen LogP contribution is 2.33. The fourth-order valence-electron chi connectivity index (χ4n) is 3.52. The zero-order valence-corrected chi connectivity index (χ0v) is 17.5. The van der Waals surface area contributed by atoms with E-state index < -0.39 is 48.0 Å². The van der Waals surface area contributed by atoms with Gasteiger partial charge in [-0.2, -0.15) is 0 Å². The molecule has 2 heterocycles. The number of esters is 1. The van der Waals surface area contributed by atoms with Crippen LogP contribution in [0.4, 0.5) is 14.5 Å². The predicted molar refractivity (Wildman–Crippen MR) is 114 cm³/mol. The molecule has 1 aliphatic rings. The number of carbonyl (C=O) groups is 3. The Labute approximate surface area is 186 Å². The fourth-order valence-corrected chi connectivity index (χ4v) is 4.32. The second-order valence-electron chi connectivity index (χ2n) is 7.21. The number of rotatable bonds is 6. The number of nitrogens with one attached hydrogen (secondary N) is 2. The van der Waals surface area contributed by atoms with E-state index in [1.165, 1.54) is 35.6 Å². The molecule has 32 heavy (non-hydrogen) atoms. The van der Waals surface area contributed by atoms with E-state index in [-0.39, 0.29) is 12.1 Å². The van der Waals surface area contributed by atoms with Crippen LogP contribution in [-0.4, -0.2) is 24.4 Å². The summed E-state index contributed by atoms with van der Waals surface area (Å²) in [5, 5.41) is 7.17. The van der Waals surface area contributed by atoms with E-state index in [1.54, 1.807) is 12.1 Å². The van der Waals surface area contributed by atoms with E-state index >= 15 is 0 Å². The molecule has 2 amide bonds. The summed E-state index contributed by atoms with van der Waals surface area (Å²) >= 11 is 1.42. The summed E-state index contributed by atoms with van der Waals surface area (Å²) in [5.74, 6) is -3.62. The van der Waals surface area contributed by atoms with Crippen LogP contribution >= 0.6 is 11.3 Å². The fraction of sp³-hybridized carbons (Fsp3) is 0.174. The van der Waals surface area contributed by atoms with Gasteiger partial charge in [0.15, 0.2) is 6.61 Å². The Kier molecular flexibility index (Phi) is 6.27. The molecule has 0 fully saturated rings. The second kappa shape index (κ2) is 9.27. The second-order valence-corrected chi connectivity index (χ2v) is 8.19. The highest BCUT2D eigenvalue weighted by atomic mass is 32.1. The molecule has 2 atom stereocenters. The summed E-state index contributed by atoms with van der Waals surface area (Å²) < 4.78 is 31.9. The van der Waals surface area contributed by atoms with E-state index in [1.807, 2.05) is 17.5 Å². The van der Waals surface area contributed by atoms with Gasteiger partial charge in [0.1, 0.15) is 11.6 Å². The van der Waals surface area contributed by atoms with Crippen molar-refractivity contribution < 1.29 is 27.9 Å². The third-order valence-corrected chi connectivity index (χ3v) is 5.96. The molecule has 2 N–H and O–H groups in total. The molecule has 4 rings (SSSR count). The molecule has 2 unspecified atom stereocenters. The minimum absolute atomic E-state index is 0.160. The maximum Gasteiger partial charge on any atom is 0.314 e. The molecule has 164 valence electrons. The van der Waals surface area contributed by atoms with Crippen LogP contribution in [0, 0.1) is 11.6 Å². The van der Waals surface area contributed by atoms with Crippen molar-refractivity contribution >= 4 is 34.8 Å². The Hall–Kier alpha value is -3.59. The van der Waals surface area contributed by atoms with Gasteiger partial charge in [-0.1, -0.05) is 24.3 Å². The van der Waals surface area contributed by atoms with Gasteiger partial charge in [-0.15, -0.1) is 11.3 Å². The average molecular weight is 456 g/mol. The normalized spacial score (nSPS) is 15.9. The van der Waals surface area contributed by atoms with Crippen molar-refractivity contribution in [3.8, 4) is 0 Å². The molecule has 1 aliphatic heterocycles. The quantitative estimate of drug-likeness (QED) is 0.551. The molecule has 0 spiro atoms. The molecule has 0 aliphatic carbocycles. The van der Waals surface area contributed by atoms with Gasteiger partial charge < -0.3 is 15.4 Å². The number of benzene rings is 2. The first-order valence-corrected chi connectivity index (χ1v) is 10.6. The summed E-state index contributed by atoms with van der Waals surface area (Å²) in [5.41, 5.74) is 1.31. The Morgan fingerprint density at radius 2 is 1.88 bits per heavy atom. The molecule has 2 aromatic carbocycles. The number of thiophene rings is 1. The van der Waals surface area contributed by atoms with Crippen LogP contribution in [0.2, 0.25) is 0 Å². The van der Waals surface area contributed by atoms with Crippen molar-refractivity contribution in [3.63, 3.8) is 0 Å². The van der Waals surface area contributed by atoms with Gasteiger partial charge in [0.25, 0.3) is 5.91 Å². The highest BCUT2D eigenvalue weighted by molar-refractivity contribution is 7.10. The zero-order chi connectivity index (χ0) is 22.7. The molecule has 9 heteroatoms. The van der Waals surface area contributed by atoms with Crippen molar-refractivity contribution in [3.05, 3.63) is 87.6 Å². The van der Waals surface area contributed by atoms with Crippen LogP contribution in [0.15, 0.2) is 60.0 Å². The lowest BCUT2D eigenvalue weighted by molar-refractivity contribution is -0.151. The molecule has 3 aromatic rings. The van der Waals surface area contributed by atoms with Crippen LogP contribution in [0.3, 0.4) is 0 Å². The Morgan fingerprint density at radius 3 is 2.59 bits per heavy atom. The Balaban J connectivity index is 1.43. The number of hydrogen-bond donors (Lipinski definition) is 2. The molecule has 0 radical (unpaired) electrons. The molecule has 6 nitrogen and oxygen atoms in total. The van der Waals surface area contributed by atoms with Gasteiger partial charge in [0.05, 0.1) is 12.0 Å². The summed E-state index contributed by atoms with van der Waals surface area (Å²) in [6, 6.07) is 12.6. The van der Waals surface area contributed by atoms with Crippen LogP contribution in [0.1, 0.15) is 34.4 Å². The van der Waals surface area contributed by atoms with E-state index in [0.29, 0.717) is 11.1 Å². The third-order valence-electron chi connectivity index (χ3n) is 5.02. The van der Waals surface area contributed by atoms with Crippen molar-refractivity contribution in [2.45, 2.75) is 18.4 Å². The SMILES string of the molecule is O=C1CC(C(=O)OCC(=O)NC(c2ccc(F)cc2)c2cccs2)c2ccc(F)cc2N1. The van der Waals surface area contributed by atoms with Gasteiger partial charge in [0.2, 0.25) is 5.91 Å². The van der Waals surface area contributed by atoms with E-state index in [0.717, 1.165) is 10.9 Å². The smallest absolute Gasteiger partial charge is 0.314 e. The lowest BCUT2D eigenvalue weighted by Gasteiger charge is -2.24. The lowest BCUT2D eigenvalue weighted by Crippen LogP contribution is -2.34. The van der Waals surface area contributed by atoms with Gasteiger partial charge in [0, 0.05) is 17.0 Å². The number of hydrogen-bond acceptors (Lipinski definition) is 5. The monoisotopic (exact) mass is 456 g/mol. The molecule has 0 saturated heterocycles. The average Bonchev–Trinajstić information content (AvgIpc) is 3.30. The van der Waals surface area contributed by atoms with Crippen molar-refractivity contribution in [1.82, 2.24) is 5.32 Å².